The van der Waals surface area contributed by atoms with Crippen molar-refractivity contribution in [2.24, 2.45) is 5.41 Å². The highest BCUT2D eigenvalue weighted by molar-refractivity contribution is 5.87. The lowest BCUT2D eigenvalue weighted by molar-refractivity contribution is -0.537. The third kappa shape index (κ3) is 1.92. The van der Waals surface area contributed by atoms with Crippen molar-refractivity contribution in [1.29, 1.82) is 0 Å². The van der Waals surface area contributed by atoms with Gasteiger partial charge in [-0.3, -0.25) is 0 Å². The Labute approximate surface area is 90.1 Å². The van der Waals surface area contributed by atoms with Gasteiger partial charge in [-0.05, 0) is 13.8 Å². The fourth-order valence-electron chi connectivity index (χ4n) is 1.31. The van der Waals surface area contributed by atoms with Crippen LogP contribution in [0, 0.1) is 11.5 Å². The zero-order valence-corrected chi connectivity index (χ0v) is 9.84. The molecule has 1 unspecified atom stereocenters. The van der Waals surface area contributed by atoms with E-state index in [2.05, 4.69) is 6.58 Å². The molecule has 85 valence electrons. The molecule has 0 aromatic heterocycles. The summed E-state index contributed by atoms with van der Waals surface area (Å²) in [6.07, 6.45) is 0.546. The number of ether oxygens (including phenoxy) is 1. The highest BCUT2D eigenvalue weighted by Gasteiger charge is 2.62. The first-order valence-corrected chi connectivity index (χ1v) is 4.79. The number of hydrogen-bond acceptors (Lipinski definition) is 4. The smallest absolute Gasteiger partial charge is 0.335 e. The molecule has 1 saturated heterocycles. The number of hydrogen-bond donors (Lipinski definition) is 0. The van der Waals surface area contributed by atoms with Gasteiger partial charge in [0.05, 0.1) is 0 Å². The molecule has 1 heterocycles. The summed E-state index contributed by atoms with van der Waals surface area (Å²) in [4.78, 5) is 21.2. The first kappa shape index (κ1) is 12.2. The van der Waals surface area contributed by atoms with Gasteiger partial charge < -0.3 is 4.74 Å². The second-order valence-electron chi connectivity index (χ2n) is 4.76. The van der Waals surface area contributed by atoms with E-state index in [9.17, 15) is 4.79 Å². The molecule has 0 aromatic carbocycles. The lowest BCUT2D eigenvalue weighted by atomic mass is 9.81. The minimum atomic E-state index is -1.09. The Kier molecular flexibility index (Phi) is 2.94. The lowest BCUT2D eigenvalue weighted by Crippen LogP contribution is -2.60. The fraction of sp³-hybridized carbons (Fsp3) is 0.636. The van der Waals surface area contributed by atoms with Gasteiger partial charge in [0.1, 0.15) is 0 Å². The van der Waals surface area contributed by atoms with E-state index in [1.165, 1.54) is 0 Å². The molecular weight excluding hydrogens is 196 g/mol. The molecule has 1 aliphatic heterocycles. The molecule has 1 aliphatic rings. The molecule has 1 atom stereocenters. The minimum absolute atomic E-state index is 0.335. The second kappa shape index (κ2) is 3.61. The van der Waals surface area contributed by atoms with Crippen molar-refractivity contribution in [1.82, 2.24) is 0 Å². The molecule has 0 bridgehead atoms. The molecule has 1 rings (SSSR count). The first-order chi connectivity index (χ1) is 6.71. The summed E-state index contributed by atoms with van der Waals surface area (Å²) in [6, 6.07) is 0. The van der Waals surface area contributed by atoms with Gasteiger partial charge in [-0.15, -0.1) is 0 Å². The van der Waals surface area contributed by atoms with Crippen LogP contribution in [0.15, 0.2) is 12.2 Å². The van der Waals surface area contributed by atoms with Crippen LogP contribution < -0.4 is 0 Å². The Morgan fingerprint density at radius 1 is 1.47 bits per heavy atom. The average Bonchev–Trinajstić information content (AvgIpc) is 2.08. The zero-order chi connectivity index (χ0) is 11.9. The summed E-state index contributed by atoms with van der Waals surface area (Å²) in [5, 5.41) is 0. The van der Waals surface area contributed by atoms with Gasteiger partial charge in [0.25, 0.3) is 5.79 Å². The molecular formula is C11H17O4. The van der Waals surface area contributed by atoms with Gasteiger partial charge in [0.15, 0.2) is 0 Å². The molecule has 1 fully saturated rings. The van der Waals surface area contributed by atoms with E-state index in [1.807, 2.05) is 20.8 Å². The van der Waals surface area contributed by atoms with Crippen molar-refractivity contribution >= 4 is 5.97 Å². The van der Waals surface area contributed by atoms with E-state index in [-0.39, 0.29) is 5.41 Å². The third-order valence-electron chi connectivity index (χ3n) is 2.32. The Bertz CT molecular complexity index is 289. The van der Waals surface area contributed by atoms with E-state index in [0.29, 0.717) is 11.7 Å². The monoisotopic (exact) mass is 213 g/mol. The van der Waals surface area contributed by atoms with Crippen LogP contribution in [0.3, 0.4) is 0 Å². The Morgan fingerprint density at radius 3 is 2.20 bits per heavy atom. The predicted octanol–water partition coefficient (Wildman–Crippen LogP) is 2.36. The Balaban J connectivity index is 2.86. The van der Waals surface area contributed by atoms with Crippen LogP contribution in [-0.2, 0) is 19.3 Å². The fourth-order valence-corrected chi connectivity index (χ4v) is 1.31. The largest absolute Gasteiger partial charge is 0.423 e. The molecule has 4 heteroatoms. The molecule has 0 aliphatic carbocycles. The SMILES string of the molecule is C=C(C)C(=O)OC1(C(C)(C)C)OO[C]1C. The summed E-state index contributed by atoms with van der Waals surface area (Å²) < 4.78 is 5.29. The summed E-state index contributed by atoms with van der Waals surface area (Å²) in [7, 11) is 0. The van der Waals surface area contributed by atoms with E-state index in [1.54, 1.807) is 13.8 Å². The summed E-state index contributed by atoms with van der Waals surface area (Å²) in [5.41, 5.74) is -0.0533. The van der Waals surface area contributed by atoms with Gasteiger partial charge in [-0.1, -0.05) is 27.4 Å². The number of esters is 1. The van der Waals surface area contributed by atoms with Crippen LogP contribution in [0.5, 0.6) is 0 Å². The van der Waals surface area contributed by atoms with E-state index in [4.69, 9.17) is 14.5 Å². The van der Waals surface area contributed by atoms with Crippen molar-refractivity contribution in [3.63, 3.8) is 0 Å². The van der Waals surface area contributed by atoms with Crippen LogP contribution in [0.4, 0.5) is 0 Å². The number of carbonyl (C=O) groups excluding carboxylic acids is 1. The van der Waals surface area contributed by atoms with Gasteiger partial charge in [-0.2, -0.15) is 4.89 Å². The molecule has 15 heavy (non-hydrogen) atoms. The normalized spacial score (nSPS) is 27.0. The second-order valence-corrected chi connectivity index (χ2v) is 4.76. The van der Waals surface area contributed by atoms with E-state index < -0.39 is 11.8 Å². The highest BCUT2D eigenvalue weighted by Crippen LogP contribution is 2.50. The standard InChI is InChI=1S/C11H17O4/c1-7(2)9(12)13-11(10(4,5)6)8(3)14-15-11/h1H2,2-6H3. The van der Waals surface area contributed by atoms with Crippen LogP contribution >= 0.6 is 0 Å². The van der Waals surface area contributed by atoms with Crippen molar-refractivity contribution in [3.8, 4) is 0 Å². The number of rotatable bonds is 2. The summed E-state index contributed by atoms with van der Waals surface area (Å²) >= 11 is 0. The van der Waals surface area contributed by atoms with Gasteiger partial charge >= 0.3 is 5.97 Å². The molecule has 4 nitrogen and oxygen atoms in total. The van der Waals surface area contributed by atoms with Crippen LogP contribution in [0.2, 0.25) is 0 Å². The van der Waals surface area contributed by atoms with Gasteiger partial charge in [-0.25, -0.2) is 9.68 Å². The van der Waals surface area contributed by atoms with Gasteiger partial charge in [0, 0.05) is 11.0 Å². The average molecular weight is 213 g/mol. The molecule has 0 aromatic rings. The molecule has 1 radical (unpaired) electrons. The summed E-state index contributed by atoms with van der Waals surface area (Å²) in [5.74, 6) is -1.57. The third-order valence-corrected chi connectivity index (χ3v) is 2.32. The molecule has 0 N–H and O–H groups in total. The van der Waals surface area contributed by atoms with Crippen molar-refractivity contribution in [2.45, 2.75) is 40.4 Å². The lowest BCUT2D eigenvalue weighted by Gasteiger charge is -2.50. The van der Waals surface area contributed by atoms with Crippen molar-refractivity contribution in [3.05, 3.63) is 18.3 Å². The van der Waals surface area contributed by atoms with Crippen molar-refractivity contribution < 1.29 is 19.3 Å². The maximum atomic E-state index is 11.5. The Hall–Kier alpha value is -0.870. The van der Waals surface area contributed by atoms with Crippen molar-refractivity contribution in [2.75, 3.05) is 0 Å². The maximum absolute atomic E-state index is 11.5. The predicted molar refractivity (Wildman–Crippen MR) is 54.2 cm³/mol. The topological polar surface area (TPSA) is 44.8 Å². The van der Waals surface area contributed by atoms with Crippen LogP contribution in [-0.4, -0.2) is 11.8 Å². The van der Waals surface area contributed by atoms with E-state index >= 15 is 0 Å². The maximum Gasteiger partial charge on any atom is 0.335 e. The molecule has 0 amide bonds. The Morgan fingerprint density at radius 2 is 2.00 bits per heavy atom. The van der Waals surface area contributed by atoms with E-state index in [0.717, 1.165) is 0 Å². The number of carbonyl (C=O) groups is 1. The highest BCUT2D eigenvalue weighted by atomic mass is 17.3. The van der Waals surface area contributed by atoms with Gasteiger partial charge in [0.2, 0.25) is 6.10 Å². The quantitative estimate of drug-likeness (QED) is 0.401. The zero-order valence-electron chi connectivity index (χ0n) is 9.84. The molecule has 0 saturated carbocycles. The van der Waals surface area contributed by atoms with Crippen LogP contribution in [0.25, 0.3) is 0 Å². The first-order valence-electron chi connectivity index (χ1n) is 4.79. The molecule has 0 spiro atoms. The minimum Gasteiger partial charge on any atom is -0.423 e. The van der Waals surface area contributed by atoms with Crippen LogP contribution in [0.1, 0.15) is 34.6 Å². The summed E-state index contributed by atoms with van der Waals surface area (Å²) in [6.45, 7) is 12.6.